The number of carbonyl (C=O) groups excluding carboxylic acids is 2. The van der Waals surface area contributed by atoms with E-state index < -0.39 is 22.3 Å². The molecule has 0 N–H and O–H groups in total. The SMILES string of the molecule is O=C1c2sc3nc(=O)c(-c4ccccc4)nn3c2C(=O)N1c1ccccc1[N+](=O)[O-]. The van der Waals surface area contributed by atoms with E-state index in [4.69, 9.17) is 0 Å². The summed E-state index contributed by atoms with van der Waals surface area (Å²) in [6.07, 6.45) is 0. The maximum absolute atomic E-state index is 13.1. The third kappa shape index (κ3) is 2.46. The number of amides is 2. The fourth-order valence-electron chi connectivity index (χ4n) is 3.26. The molecule has 1 aliphatic rings. The van der Waals surface area contributed by atoms with Gasteiger partial charge in [-0.2, -0.15) is 14.6 Å². The lowest BCUT2D eigenvalue weighted by molar-refractivity contribution is -0.384. The van der Waals surface area contributed by atoms with Crippen LogP contribution < -0.4 is 10.5 Å². The average molecular weight is 419 g/mol. The van der Waals surface area contributed by atoms with Gasteiger partial charge >= 0.3 is 5.56 Å². The van der Waals surface area contributed by atoms with Crippen molar-refractivity contribution in [2.24, 2.45) is 0 Å². The molecule has 3 heterocycles. The summed E-state index contributed by atoms with van der Waals surface area (Å²) < 4.78 is 1.15. The highest BCUT2D eigenvalue weighted by molar-refractivity contribution is 7.19. The summed E-state index contributed by atoms with van der Waals surface area (Å²) in [5.74, 6) is -1.50. The molecule has 0 radical (unpaired) electrons. The van der Waals surface area contributed by atoms with Crippen LogP contribution in [0.3, 0.4) is 0 Å². The third-order valence-corrected chi connectivity index (χ3v) is 5.59. The van der Waals surface area contributed by atoms with Crippen LogP contribution in [0.15, 0.2) is 59.4 Å². The highest BCUT2D eigenvalue weighted by atomic mass is 32.1. The van der Waals surface area contributed by atoms with Crippen LogP contribution in [0.4, 0.5) is 11.4 Å². The summed E-state index contributed by atoms with van der Waals surface area (Å²) in [5.41, 5.74) is -0.637. The molecule has 0 saturated heterocycles. The first kappa shape index (κ1) is 17.8. The minimum atomic E-state index is -0.771. The van der Waals surface area contributed by atoms with Gasteiger partial charge in [-0.05, 0) is 6.07 Å². The summed E-state index contributed by atoms with van der Waals surface area (Å²) in [5, 5.41) is 15.6. The van der Waals surface area contributed by atoms with E-state index in [1.165, 1.54) is 24.3 Å². The molecule has 1 aliphatic heterocycles. The molecule has 2 aromatic carbocycles. The molecule has 5 rings (SSSR count). The number of thiazole rings is 1. The van der Waals surface area contributed by atoms with Crippen molar-refractivity contribution in [2.45, 2.75) is 0 Å². The van der Waals surface area contributed by atoms with E-state index in [1.807, 2.05) is 0 Å². The second kappa shape index (κ2) is 6.39. The van der Waals surface area contributed by atoms with E-state index in [1.54, 1.807) is 30.3 Å². The zero-order chi connectivity index (χ0) is 21.0. The number of aromatic nitrogens is 3. The van der Waals surface area contributed by atoms with Crippen LogP contribution in [-0.2, 0) is 0 Å². The Kier molecular flexibility index (Phi) is 3.79. The lowest BCUT2D eigenvalue weighted by atomic mass is 10.2. The normalized spacial score (nSPS) is 13.1. The zero-order valence-electron chi connectivity index (χ0n) is 14.9. The predicted molar refractivity (Wildman–Crippen MR) is 107 cm³/mol. The van der Waals surface area contributed by atoms with E-state index in [0.29, 0.717) is 5.56 Å². The summed E-state index contributed by atoms with van der Waals surface area (Å²) in [4.78, 5) is 54.0. The first-order valence-electron chi connectivity index (χ1n) is 8.59. The molecule has 10 nitrogen and oxygen atoms in total. The number of nitro benzene ring substituents is 1. The number of para-hydroxylation sites is 2. The first-order chi connectivity index (χ1) is 14.5. The van der Waals surface area contributed by atoms with Crippen molar-refractivity contribution < 1.29 is 14.5 Å². The van der Waals surface area contributed by atoms with Crippen LogP contribution in [-0.4, -0.2) is 31.3 Å². The second-order valence-corrected chi connectivity index (χ2v) is 7.27. The van der Waals surface area contributed by atoms with Gasteiger partial charge < -0.3 is 0 Å². The van der Waals surface area contributed by atoms with Crippen molar-refractivity contribution in [3.05, 3.63) is 85.6 Å². The van der Waals surface area contributed by atoms with Gasteiger partial charge in [-0.15, -0.1) is 0 Å². The molecular formula is C19H9N5O5S. The van der Waals surface area contributed by atoms with E-state index in [9.17, 15) is 24.5 Å². The van der Waals surface area contributed by atoms with Crippen LogP contribution >= 0.6 is 11.3 Å². The first-order valence-corrected chi connectivity index (χ1v) is 9.40. The van der Waals surface area contributed by atoms with Crippen molar-refractivity contribution in [2.75, 3.05) is 4.90 Å². The standard InChI is InChI=1S/C19H9N5O5S/c25-16-13(10-6-2-1-3-7-10)21-23-14-15(30-19(23)20-16)18(27)22(17(14)26)11-8-4-5-9-12(11)24(28)29/h1-9H. The van der Waals surface area contributed by atoms with Gasteiger partial charge in [0.15, 0.2) is 11.4 Å². The van der Waals surface area contributed by atoms with Crippen LogP contribution in [0.1, 0.15) is 20.2 Å². The maximum atomic E-state index is 13.1. The number of benzene rings is 2. The third-order valence-electron chi connectivity index (χ3n) is 4.57. The minimum Gasteiger partial charge on any atom is -0.267 e. The molecule has 4 aromatic rings. The van der Waals surface area contributed by atoms with Crippen molar-refractivity contribution in [3.63, 3.8) is 0 Å². The Morgan fingerprint density at radius 2 is 1.63 bits per heavy atom. The number of fused-ring (bicyclic) bond motifs is 3. The molecule has 0 aliphatic carbocycles. The molecular weight excluding hydrogens is 410 g/mol. The van der Waals surface area contributed by atoms with E-state index in [0.717, 1.165) is 20.8 Å². The monoisotopic (exact) mass is 419 g/mol. The molecule has 146 valence electrons. The number of nitro groups is 1. The molecule has 0 saturated carbocycles. The Morgan fingerprint density at radius 1 is 0.933 bits per heavy atom. The molecule has 30 heavy (non-hydrogen) atoms. The molecule has 0 unspecified atom stereocenters. The van der Waals surface area contributed by atoms with Gasteiger partial charge in [-0.3, -0.25) is 24.5 Å². The number of nitrogens with zero attached hydrogens (tertiary/aromatic N) is 5. The molecule has 0 atom stereocenters. The quantitative estimate of drug-likeness (QED) is 0.283. The molecule has 2 amide bonds. The number of imide groups is 1. The topological polar surface area (TPSA) is 128 Å². The lowest BCUT2D eigenvalue weighted by Crippen LogP contribution is -2.31. The zero-order valence-corrected chi connectivity index (χ0v) is 15.7. The van der Waals surface area contributed by atoms with E-state index in [2.05, 4.69) is 10.1 Å². The van der Waals surface area contributed by atoms with Crippen LogP contribution in [0.25, 0.3) is 16.2 Å². The molecule has 2 aromatic heterocycles. The van der Waals surface area contributed by atoms with Crippen LogP contribution in [0.2, 0.25) is 0 Å². The van der Waals surface area contributed by atoms with Crippen LogP contribution in [0.5, 0.6) is 0 Å². The highest BCUT2D eigenvalue weighted by Crippen LogP contribution is 2.37. The molecule has 0 fully saturated rings. The summed E-state index contributed by atoms with van der Waals surface area (Å²) in [6, 6.07) is 14.1. The van der Waals surface area contributed by atoms with Gasteiger partial charge in [0.1, 0.15) is 10.6 Å². The number of anilines is 1. The molecule has 0 bridgehead atoms. The fraction of sp³-hybridized carbons (Fsp3) is 0. The summed E-state index contributed by atoms with van der Waals surface area (Å²) in [6.45, 7) is 0. The van der Waals surface area contributed by atoms with Crippen molar-refractivity contribution >= 4 is 39.5 Å². The van der Waals surface area contributed by atoms with E-state index >= 15 is 0 Å². The molecule has 0 spiro atoms. The Labute approximate surface area is 170 Å². The maximum Gasteiger partial charge on any atom is 0.300 e. The fourth-order valence-corrected chi connectivity index (χ4v) is 4.23. The number of hydrogen-bond acceptors (Lipinski definition) is 8. The number of hydrogen-bond donors (Lipinski definition) is 0. The van der Waals surface area contributed by atoms with Crippen molar-refractivity contribution in [1.29, 1.82) is 0 Å². The lowest BCUT2D eigenvalue weighted by Gasteiger charge is -2.14. The predicted octanol–water partition coefficient (Wildman–Crippen LogP) is 2.53. The van der Waals surface area contributed by atoms with Gasteiger partial charge in [0.05, 0.1) is 4.92 Å². The smallest absolute Gasteiger partial charge is 0.267 e. The summed E-state index contributed by atoms with van der Waals surface area (Å²) in [7, 11) is 0. The Hall–Kier alpha value is -4.25. The Morgan fingerprint density at radius 3 is 2.37 bits per heavy atom. The average Bonchev–Trinajstić information content (AvgIpc) is 3.22. The van der Waals surface area contributed by atoms with Gasteiger partial charge in [0.2, 0.25) is 4.96 Å². The number of carbonyl (C=O) groups is 2. The Balaban J connectivity index is 1.71. The molecule has 11 heteroatoms. The highest BCUT2D eigenvalue weighted by Gasteiger charge is 2.44. The number of rotatable bonds is 3. The largest absolute Gasteiger partial charge is 0.300 e. The Bertz CT molecular complexity index is 1440. The van der Waals surface area contributed by atoms with Crippen molar-refractivity contribution in [3.8, 4) is 11.3 Å². The van der Waals surface area contributed by atoms with E-state index in [-0.39, 0.29) is 32.6 Å². The second-order valence-electron chi connectivity index (χ2n) is 6.30. The summed E-state index contributed by atoms with van der Waals surface area (Å²) >= 11 is 0.836. The van der Waals surface area contributed by atoms with Gasteiger partial charge in [0.25, 0.3) is 17.5 Å². The van der Waals surface area contributed by atoms with Gasteiger partial charge in [-0.1, -0.05) is 53.8 Å². The van der Waals surface area contributed by atoms with Crippen molar-refractivity contribution in [1.82, 2.24) is 14.6 Å². The van der Waals surface area contributed by atoms with Crippen LogP contribution in [0, 0.1) is 10.1 Å². The van der Waals surface area contributed by atoms with Gasteiger partial charge in [0, 0.05) is 11.6 Å². The minimum absolute atomic E-state index is 0.0164. The van der Waals surface area contributed by atoms with Gasteiger partial charge in [-0.25, -0.2) is 4.90 Å².